The van der Waals surface area contributed by atoms with E-state index in [1.54, 1.807) is 20.1 Å². The van der Waals surface area contributed by atoms with Crippen LogP contribution in [0.4, 0.5) is 5.69 Å². The Bertz CT molecular complexity index is 612. The average Bonchev–Trinajstić information content (AvgIpc) is 2.49. The van der Waals surface area contributed by atoms with Gasteiger partial charge < -0.3 is 15.2 Å². The molecule has 0 aliphatic carbocycles. The van der Waals surface area contributed by atoms with Gasteiger partial charge in [-0.1, -0.05) is 41.9 Å². The smallest absolute Gasteiger partial charge is 0.143 e. The predicted molar refractivity (Wildman–Crippen MR) is 87.2 cm³/mol. The Balaban J connectivity index is 2.18. The molecule has 2 aromatic carbocycles. The Labute approximate surface area is 130 Å². The highest BCUT2D eigenvalue weighted by Gasteiger charge is 2.23. The van der Waals surface area contributed by atoms with Crippen molar-refractivity contribution < 1.29 is 9.84 Å². The van der Waals surface area contributed by atoms with Crippen LogP contribution in [0.15, 0.2) is 42.5 Å². The van der Waals surface area contributed by atoms with Gasteiger partial charge in [-0.2, -0.15) is 0 Å². The van der Waals surface area contributed by atoms with Crippen molar-refractivity contribution in [2.45, 2.75) is 19.4 Å². The maximum Gasteiger partial charge on any atom is 0.143 e. The number of nitrogens with one attached hydrogen (secondary N) is 1. The highest BCUT2D eigenvalue weighted by molar-refractivity contribution is 6.31. The summed E-state index contributed by atoms with van der Waals surface area (Å²) in [5.74, 6) is 0.662. The molecule has 0 bridgehead atoms. The summed E-state index contributed by atoms with van der Waals surface area (Å²) in [6.07, 6.45) is 0. The number of methoxy groups -OCH3 is 1. The van der Waals surface area contributed by atoms with E-state index in [4.69, 9.17) is 16.3 Å². The Morgan fingerprint density at radius 2 is 1.90 bits per heavy atom. The van der Waals surface area contributed by atoms with Crippen molar-refractivity contribution in [1.82, 2.24) is 0 Å². The molecule has 3 nitrogen and oxygen atoms in total. The lowest BCUT2D eigenvalue weighted by Gasteiger charge is -2.25. The molecule has 2 N–H and O–H groups in total. The van der Waals surface area contributed by atoms with Gasteiger partial charge in [-0.25, -0.2) is 0 Å². The van der Waals surface area contributed by atoms with Gasteiger partial charge in [0, 0.05) is 17.6 Å². The molecular weight excluding hydrogens is 286 g/mol. The zero-order valence-electron chi connectivity index (χ0n) is 12.5. The molecule has 112 valence electrons. The van der Waals surface area contributed by atoms with Crippen LogP contribution >= 0.6 is 11.6 Å². The van der Waals surface area contributed by atoms with Gasteiger partial charge in [-0.15, -0.1) is 0 Å². The number of aliphatic hydroxyl groups is 1. The molecule has 2 aromatic rings. The fraction of sp³-hybridized carbons (Fsp3) is 0.294. The molecule has 0 aliphatic rings. The Hall–Kier alpha value is -1.71. The molecule has 1 atom stereocenters. The first-order valence-corrected chi connectivity index (χ1v) is 7.18. The monoisotopic (exact) mass is 305 g/mol. The second-order valence-corrected chi connectivity index (χ2v) is 5.70. The van der Waals surface area contributed by atoms with Crippen molar-refractivity contribution in [3.05, 3.63) is 58.6 Å². The molecule has 0 aromatic heterocycles. The van der Waals surface area contributed by atoms with E-state index in [0.717, 1.165) is 16.8 Å². The molecule has 0 amide bonds. The van der Waals surface area contributed by atoms with E-state index in [1.165, 1.54) is 0 Å². The Kier molecular flexibility index (Phi) is 4.76. The third kappa shape index (κ3) is 3.69. The second-order valence-electron chi connectivity index (χ2n) is 5.30. The molecule has 2 rings (SSSR count). The van der Waals surface area contributed by atoms with Crippen molar-refractivity contribution in [2.24, 2.45) is 0 Å². The van der Waals surface area contributed by atoms with Gasteiger partial charge in [-0.3, -0.25) is 0 Å². The first kappa shape index (κ1) is 15.7. The summed E-state index contributed by atoms with van der Waals surface area (Å²) in [5.41, 5.74) is 1.66. The molecule has 4 heteroatoms. The van der Waals surface area contributed by atoms with Crippen molar-refractivity contribution in [2.75, 3.05) is 19.0 Å². The van der Waals surface area contributed by atoms with Gasteiger partial charge in [0.1, 0.15) is 11.4 Å². The SMILES string of the molecule is COc1cc(Cl)c(C)cc1NCC(C)(O)c1ccccc1. The zero-order chi connectivity index (χ0) is 15.5. The normalized spacial score (nSPS) is 13.6. The number of halogens is 1. The molecule has 1 unspecified atom stereocenters. The van der Waals surface area contributed by atoms with Crippen LogP contribution in [-0.2, 0) is 5.60 Å². The number of rotatable bonds is 5. The van der Waals surface area contributed by atoms with E-state index in [0.29, 0.717) is 17.3 Å². The summed E-state index contributed by atoms with van der Waals surface area (Å²) in [5, 5.41) is 14.5. The minimum atomic E-state index is -0.972. The number of anilines is 1. The number of hydrogen-bond acceptors (Lipinski definition) is 3. The van der Waals surface area contributed by atoms with Gasteiger partial charge >= 0.3 is 0 Å². The van der Waals surface area contributed by atoms with Gasteiger partial charge in [0.05, 0.1) is 12.8 Å². The quantitative estimate of drug-likeness (QED) is 0.878. The molecule has 0 spiro atoms. The topological polar surface area (TPSA) is 41.5 Å². The fourth-order valence-corrected chi connectivity index (χ4v) is 2.29. The summed E-state index contributed by atoms with van der Waals surface area (Å²) in [6.45, 7) is 4.08. The van der Waals surface area contributed by atoms with E-state index in [9.17, 15) is 5.11 Å². The van der Waals surface area contributed by atoms with Gasteiger partial charge in [-0.05, 0) is 31.0 Å². The van der Waals surface area contributed by atoms with Gasteiger partial charge in [0.25, 0.3) is 0 Å². The lowest BCUT2D eigenvalue weighted by Crippen LogP contribution is -2.30. The average molecular weight is 306 g/mol. The Morgan fingerprint density at radius 3 is 2.52 bits per heavy atom. The van der Waals surface area contributed by atoms with E-state index in [1.807, 2.05) is 43.3 Å². The molecule has 0 fully saturated rings. The molecule has 0 aliphatic heterocycles. The maximum absolute atomic E-state index is 10.6. The summed E-state index contributed by atoms with van der Waals surface area (Å²) < 4.78 is 5.32. The fourth-order valence-electron chi connectivity index (χ4n) is 2.14. The molecule has 0 heterocycles. The second kappa shape index (κ2) is 6.37. The maximum atomic E-state index is 10.6. The third-order valence-corrected chi connectivity index (χ3v) is 3.91. The minimum absolute atomic E-state index is 0.369. The van der Waals surface area contributed by atoms with Crippen LogP contribution in [0.2, 0.25) is 5.02 Å². The van der Waals surface area contributed by atoms with Crippen LogP contribution in [0.5, 0.6) is 5.75 Å². The van der Waals surface area contributed by atoms with Crippen molar-refractivity contribution >= 4 is 17.3 Å². The van der Waals surface area contributed by atoms with Crippen LogP contribution in [-0.4, -0.2) is 18.8 Å². The number of aryl methyl sites for hydroxylation is 1. The molecular formula is C17H20ClNO2. The van der Waals surface area contributed by atoms with Gasteiger partial charge in [0.15, 0.2) is 0 Å². The summed E-state index contributed by atoms with van der Waals surface area (Å²) in [4.78, 5) is 0. The highest BCUT2D eigenvalue weighted by atomic mass is 35.5. The summed E-state index contributed by atoms with van der Waals surface area (Å²) in [6, 6.07) is 13.3. The standard InChI is InChI=1S/C17H20ClNO2/c1-12-9-15(16(21-3)10-14(12)18)19-11-17(2,20)13-7-5-4-6-8-13/h4-10,19-20H,11H2,1-3H3. The van der Waals surface area contributed by atoms with E-state index in [2.05, 4.69) is 5.32 Å². The number of ether oxygens (including phenoxy) is 1. The predicted octanol–water partition coefficient (Wildman–Crippen LogP) is 3.98. The van der Waals surface area contributed by atoms with E-state index in [-0.39, 0.29) is 0 Å². The van der Waals surface area contributed by atoms with E-state index < -0.39 is 5.60 Å². The van der Waals surface area contributed by atoms with Crippen LogP contribution in [0.1, 0.15) is 18.1 Å². The number of hydrogen-bond donors (Lipinski definition) is 2. The van der Waals surface area contributed by atoms with Crippen LogP contribution in [0.25, 0.3) is 0 Å². The first-order chi connectivity index (χ1) is 9.94. The van der Waals surface area contributed by atoms with Crippen molar-refractivity contribution in [3.8, 4) is 5.75 Å². The first-order valence-electron chi connectivity index (χ1n) is 6.80. The number of benzene rings is 2. The van der Waals surface area contributed by atoms with Crippen molar-refractivity contribution in [3.63, 3.8) is 0 Å². The minimum Gasteiger partial charge on any atom is -0.495 e. The summed E-state index contributed by atoms with van der Waals surface area (Å²) >= 11 is 6.09. The molecule has 0 saturated carbocycles. The lowest BCUT2D eigenvalue weighted by molar-refractivity contribution is 0.0715. The third-order valence-electron chi connectivity index (χ3n) is 3.50. The lowest BCUT2D eigenvalue weighted by atomic mass is 9.96. The van der Waals surface area contributed by atoms with Crippen molar-refractivity contribution in [1.29, 1.82) is 0 Å². The zero-order valence-corrected chi connectivity index (χ0v) is 13.2. The molecule has 0 radical (unpaired) electrons. The highest BCUT2D eigenvalue weighted by Crippen LogP contribution is 2.32. The Morgan fingerprint density at radius 1 is 1.24 bits per heavy atom. The van der Waals surface area contributed by atoms with Gasteiger partial charge in [0.2, 0.25) is 0 Å². The largest absolute Gasteiger partial charge is 0.495 e. The summed E-state index contributed by atoms with van der Waals surface area (Å²) in [7, 11) is 1.60. The molecule has 21 heavy (non-hydrogen) atoms. The van der Waals surface area contributed by atoms with Crippen LogP contribution in [0.3, 0.4) is 0 Å². The van der Waals surface area contributed by atoms with Crippen LogP contribution < -0.4 is 10.1 Å². The van der Waals surface area contributed by atoms with E-state index >= 15 is 0 Å². The molecule has 0 saturated heterocycles. The van der Waals surface area contributed by atoms with Crippen LogP contribution in [0, 0.1) is 6.92 Å².